The molecule has 4 nitrogen and oxygen atoms in total. The van der Waals surface area contributed by atoms with Crippen LogP contribution in [0, 0.1) is 11.8 Å². The predicted octanol–water partition coefficient (Wildman–Crippen LogP) is 2.65. The lowest BCUT2D eigenvalue weighted by Crippen LogP contribution is -2.29. The van der Waals surface area contributed by atoms with Gasteiger partial charge in [-0.15, -0.1) is 0 Å². The number of carbonyl (C=O) groups excluding carboxylic acids is 1. The van der Waals surface area contributed by atoms with E-state index in [0.717, 1.165) is 13.1 Å². The fourth-order valence-corrected chi connectivity index (χ4v) is 3.49. The van der Waals surface area contributed by atoms with Gasteiger partial charge in [-0.2, -0.15) is 0 Å². The lowest BCUT2D eigenvalue weighted by Gasteiger charge is -2.18. The molecule has 0 spiro atoms. The summed E-state index contributed by atoms with van der Waals surface area (Å²) in [4.78, 5) is 18.6. The van der Waals surface area contributed by atoms with Gasteiger partial charge >= 0.3 is 0 Å². The largest absolute Gasteiger partial charge is 0.373 e. The van der Waals surface area contributed by atoms with Crippen molar-refractivity contribution in [2.75, 3.05) is 25.5 Å². The van der Waals surface area contributed by atoms with E-state index in [0.29, 0.717) is 28.2 Å². The molecular formula is C14H18ClN3O. The zero-order valence-corrected chi connectivity index (χ0v) is 11.8. The summed E-state index contributed by atoms with van der Waals surface area (Å²) in [5, 5.41) is 3.37. The smallest absolute Gasteiger partial charge is 0.255 e. The Hall–Kier alpha value is -1.29. The SMILES string of the molecule is CNc1cc(C(=O)N2CC3CCCC3C2)c(Cl)cn1. The van der Waals surface area contributed by atoms with Crippen LogP contribution in [0.2, 0.25) is 5.02 Å². The fraction of sp³-hybridized carbons (Fsp3) is 0.571. The summed E-state index contributed by atoms with van der Waals surface area (Å²) in [7, 11) is 1.78. The van der Waals surface area contributed by atoms with Crippen LogP contribution >= 0.6 is 11.6 Å². The summed E-state index contributed by atoms with van der Waals surface area (Å²) in [6, 6.07) is 1.73. The van der Waals surface area contributed by atoms with E-state index in [-0.39, 0.29) is 5.91 Å². The highest BCUT2D eigenvalue weighted by molar-refractivity contribution is 6.33. The van der Waals surface area contributed by atoms with Gasteiger partial charge in [0.05, 0.1) is 10.6 Å². The van der Waals surface area contributed by atoms with E-state index in [4.69, 9.17) is 11.6 Å². The highest BCUT2D eigenvalue weighted by atomic mass is 35.5. The van der Waals surface area contributed by atoms with Crippen LogP contribution in [0.4, 0.5) is 5.82 Å². The van der Waals surface area contributed by atoms with Crippen molar-refractivity contribution in [3.8, 4) is 0 Å². The lowest BCUT2D eigenvalue weighted by molar-refractivity contribution is 0.0781. The third-order valence-corrected chi connectivity index (χ3v) is 4.66. The lowest BCUT2D eigenvalue weighted by atomic mass is 10.0. The average molecular weight is 280 g/mol. The zero-order chi connectivity index (χ0) is 13.4. The quantitative estimate of drug-likeness (QED) is 0.905. The van der Waals surface area contributed by atoms with E-state index in [1.165, 1.54) is 25.5 Å². The Morgan fingerprint density at radius 2 is 2.11 bits per heavy atom. The number of likely N-dealkylation sites (tertiary alicyclic amines) is 1. The third-order valence-electron chi connectivity index (χ3n) is 4.36. The van der Waals surface area contributed by atoms with Crippen molar-refractivity contribution in [2.24, 2.45) is 11.8 Å². The van der Waals surface area contributed by atoms with Crippen LogP contribution in [-0.2, 0) is 0 Å². The number of hydrogen-bond donors (Lipinski definition) is 1. The number of fused-ring (bicyclic) bond motifs is 1. The molecular weight excluding hydrogens is 262 g/mol. The van der Waals surface area contributed by atoms with Gasteiger partial charge in [0.1, 0.15) is 5.82 Å². The number of halogens is 1. The molecule has 2 heterocycles. The van der Waals surface area contributed by atoms with Gasteiger partial charge in [0.15, 0.2) is 0 Å². The standard InChI is InChI=1S/C14H18ClN3O/c1-16-13-5-11(12(15)6-17-13)14(19)18-7-9-3-2-4-10(9)8-18/h5-6,9-10H,2-4,7-8H2,1H3,(H,16,17). The molecule has 19 heavy (non-hydrogen) atoms. The number of carbonyl (C=O) groups is 1. The first-order chi connectivity index (χ1) is 9.19. The van der Waals surface area contributed by atoms with Crippen molar-refractivity contribution in [1.29, 1.82) is 0 Å². The maximum atomic E-state index is 12.6. The minimum Gasteiger partial charge on any atom is -0.373 e. The van der Waals surface area contributed by atoms with Gasteiger partial charge in [0.2, 0.25) is 0 Å². The summed E-state index contributed by atoms with van der Waals surface area (Å²) in [5.74, 6) is 2.12. The van der Waals surface area contributed by atoms with Gasteiger partial charge in [0.25, 0.3) is 5.91 Å². The maximum Gasteiger partial charge on any atom is 0.255 e. The molecule has 1 saturated heterocycles. The summed E-state index contributed by atoms with van der Waals surface area (Å²) in [6.45, 7) is 1.77. The first-order valence-corrected chi connectivity index (χ1v) is 7.19. The Morgan fingerprint density at radius 3 is 2.74 bits per heavy atom. The third kappa shape index (κ3) is 2.29. The normalized spacial score (nSPS) is 25.5. The molecule has 5 heteroatoms. The fourth-order valence-electron chi connectivity index (χ4n) is 3.31. The van der Waals surface area contributed by atoms with Crippen molar-refractivity contribution in [3.05, 3.63) is 22.8 Å². The maximum absolute atomic E-state index is 12.6. The van der Waals surface area contributed by atoms with Crippen LogP contribution in [0.3, 0.4) is 0 Å². The van der Waals surface area contributed by atoms with Crippen LogP contribution in [-0.4, -0.2) is 35.9 Å². The molecule has 0 radical (unpaired) electrons. The second-order valence-electron chi connectivity index (χ2n) is 5.46. The van der Waals surface area contributed by atoms with Gasteiger partial charge < -0.3 is 10.2 Å². The summed E-state index contributed by atoms with van der Waals surface area (Å²) < 4.78 is 0. The highest BCUT2D eigenvalue weighted by Crippen LogP contribution is 2.38. The van der Waals surface area contributed by atoms with Gasteiger partial charge in [-0.1, -0.05) is 18.0 Å². The molecule has 1 aliphatic carbocycles. The number of pyridine rings is 1. The molecule has 0 aromatic carbocycles. The Kier molecular flexibility index (Phi) is 3.35. The van der Waals surface area contributed by atoms with Crippen LogP contribution in [0.25, 0.3) is 0 Å². The van der Waals surface area contributed by atoms with Gasteiger partial charge in [-0.05, 0) is 30.7 Å². The van der Waals surface area contributed by atoms with E-state index in [1.807, 2.05) is 4.90 Å². The molecule has 102 valence electrons. The molecule has 2 fully saturated rings. The number of nitrogens with one attached hydrogen (secondary N) is 1. The van der Waals surface area contributed by atoms with E-state index in [2.05, 4.69) is 10.3 Å². The topological polar surface area (TPSA) is 45.2 Å². The molecule has 1 aliphatic heterocycles. The predicted molar refractivity (Wildman–Crippen MR) is 75.5 cm³/mol. The van der Waals surface area contributed by atoms with Crippen LogP contribution in [0.5, 0.6) is 0 Å². The van der Waals surface area contributed by atoms with E-state index >= 15 is 0 Å². The molecule has 0 bridgehead atoms. The number of nitrogens with zero attached hydrogens (tertiary/aromatic N) is 2. The summed E-state index contributed by atoms with van der Waals surface area (Å²) in [6.07, 6.45) is 5.38. The molecule has 2 aliphatic rings. The van der Waals surface area contributed by atoms with Crippen molar-refractivity contribution >= 4 is 23.3 Å². The van der Waals surface area contributed by atoms with Crippen LogP contribution in [0.15, 0.2) is 12.3 Å². The van der Waals surface area contributed by atoms with Gasteiger partial charge in [-0.3, -0.25) is 4.79 Å². The number of rotatable bonds is 2. The van der Waals surface area contributed by atoms with E-state index in [1.54, 1.807) is 13.1 Å². The van der Waals surface area contributed by atoms with Crippen LogP contribution in [0.1, 0.15) is 29.6 Å². The minimum absolute atomic E-state index is 0.0401. The average Bonchev–Trinajstić information content (AvgIpc) is 2.99. The van der Waals surface area contributed by atoms with Crippen molar-refractivity contribution in [3.63, 3.8) is 0 Å². The molecule has 1 saturated carbocycles. The monoisotopic (exact) mass is 279 g/mol. The highest BCUT2D eigenvalue weighted by Gasteiger charge is 2.38. The molecule has 1 amide bonds. The molecule has 2 atom stereocenters. The first-order valence-electron chi connectivity index (χ1n) is 6.81. The van der Waals surface area contributed by atoms with E-state index < -0.39 is 0 Å². The zero-order valence-electron chi connectivity index (χ0n) is 11.0. The first kappa shape index (κ1) is 12.7. The second-order valence-corrected chi connectivity index (χ2v) is 5.87. The minimum atomic E-state index is 0.0401. The number of amides is 1. The Morgan fingerprint density at radius 1 is 1.42 bits per heavy atom. The summed E-state index contributed by atoms with van der Waals surface area (Å²) >= 11 is 6.11. The number of hydrogen-bond acceptors (Lipinski definition) is 3. The Labute approximate surface area is 118 Å². The van der Waals surface area contributed by atoms with Gasteiger partial charge in [-0.25, -0.2) is 4.98 Å². The number of aromatic nitrogens is 1. The van der Waals surface area contributed by atoms with Crippen molar-refractivity contribution < 1.29 is 4.79 Å². The van der Waals surface area contributed by atoms with Crippen LogP contribution < -0.4 is 5.32 Å². The molecule has 3 rings (SSSR count). The Balaban J connectivity index is 1.80. The molecule has 1 aromatic rings. The molecule has 1 aromatic heterocycles. The Bertz CT molecular complexity index is 493. The molecule has 2 unspecified atom stereocenters. The van der Waals surface area contributed by atoms with Crippen molar-refractivity contribution in [2.45, 2.75) is 19.3 Å². The second kappa shape index (κ2) is 5.00. The van der Waals surface area contributed by atoms with E-state index in [9.17, 15) is 4.79 Å². The summed E-state index contributed by atoms with van der Waals surface area (Å²) in [5.41, 5.74) is 0.556. The van der Waals surface area contributed by atoms with Gasteiger partial charge in [0, 0.05) is 26.3 Å². The van der Waals surface area contributed by atoms with Crippen molar-refractivity contribution in [1.82, 2.24) is 9.88 Å². The molecule has 1 N–H and O–H groups in total. The number of anilines is 1.